The third-order valence-corrected chi connectivity index (χ3v) is 3.58. The topological polar surface area (TPSA) is 30.5 Å². The Hall–Kier alpha value is -0.770. The van der Waals surface area contributed by atoms with E-state index in [1.165, 1.54) is 12.8 Å². The summed E-state index contributed by atoms with van der Waals surface area (Å²) in [7, 11) is 1.92. The Morgan fingerprint density at radius 3 is 3.11 bits per heavy atom. The Labute approximate surface area is 120 Å². The van der Waals surface area contributed by atoms with Crippen LogP contribution in [0.1, 0.15) is 31.2 Å². The van der Waals surface area contributed by atoms with Crippen molar-refractivity contribution in [2.75, 3.05) is 20.3 Å². The molecule has 106 valence electrons. The highest BCUT2D eigenvalue weighted by Gasteiger charge is 2.14. The van der Waals surface area contributed by atoms with Gasteiger partial charge in [-0.25, -0.2) is 0 Å². The summed E-state index contributed by atoms with van der Waals surface area (Å²) < 4.78 is 11.5. The minimum atomic E-state index is 0.450. The molecule has 0 amide bonds. The molecular weight excluding hydrogens is 262 g/mol. The zero-order valence-electron chi connectivity index (χ0n) is 11.5. The summed E-state index contributed by atoms with van der Waals surface area (Å²) in [5.74, 6) is 0.922. The molecule has 1 aliphatic rings. The first-order valence-corrected chi connectivity index (χ1v) is 7.35. The van der Waals surface area contributed by atoms with Gasteiger partial charge in [-0.1, -0.05) is 11.6 Å². The Balaban J connectivity index is 1.77. The van der Waals surface area contributed by atoms with Crippen molar-refractivity contribution in [3.63, 3.8) is 0 Å². The molecule has 1 aliphatic heterocycles. The SMILES string of the molecule is CNCc1cc(Cl)ccc1OCCCC1CCCO1. The van der Waals surface area contributed by atoms with Gasteiger partial charge in [-0.3, -0.25) is 0 Å². The molecule has 0 aromatic heterocycles. The smallest absolute Gasteiger partial charge is 0.123 e. The lowest BCUT2D eigenvalue weighted by Crippen LogP contribution is -2.10. The van der Waals surface area contributed by atoms with Crippen LogP contribution in [0.2, 0.25) is 5.02 Å². The van der Waals surface area contributed by atoms with E-state index in [2.05, 4.69) is 5.32 Å². The van der Waals surface area contributed by atoms with Gasteiger partial charge in [0.05, 0.1) is 12.7 Å². The number of ether oxygens (including phenoxy) is 2. The molecule has 2 rings (SSSR count). The first kappa shape index (κ1) is 14.6. The van der Waals surface area contributed by atoms with Crippen LogP contribution in [0.15, 0.2) is 18.2 Å². The van der Waals surface area contributed by atoms with E-state index in [9.17, 15) is 0 Å². The fourth-order valence-corrected chi connectivity index (χ4v) is 2.58. The highest BCUT2D eigenvalue weighted by atomic mass is 35.5. The Bertz CT molecular complexity index is 392. The van der Waals surface area contributed by atoms with Gasteiger partial charge in [-0.05, 0) is 50.9 Å². The highest BCUT2D eigenvalue weighted by molar-refractivity contribution is 6.30. The van der Waals surface area contributed by atoms with Gasteiger partial charge in [-0.2, -0.15) is 0 Å². The number of rotatable bonds is 7. The lowest BCUT2D eigenvalue weighted by molar-refractivity contribution is 0.0981. The predicted molar refractivity (Wildman–Crippen MR) is 77.9 cm³/mol. The minimum Gasteiger partial charge on any atom is -0.493 e. The molecule has 4 heteroatoms. The Morgan fingerprint density at radius 1 is 1.47 bits per heavy atom. The minimum absolute atomic E-state index is 0.450. The van der Waals surface area contributed by atoms with Crippen molar-refractivity contribution in [3.05, 3.63) is 28.8 Å². The first-order chi connectivity index (χ1) is 9.29. The van der Waals surface area contributed by atoms with Gasteiger partial charge >= 0.3 is 0 Å². The predicted octanol–water partition coefficient (Wildman–Crippen LogP) is 3.40. The molecular formula is C15H22ClNO2. The summed E-state index contributed by atoms with van der Waals surface area (Å²) in [6.45, 7) is 2.43. The maximum Gasteiger partial charge on any atom is 0.123 e. The quantitative estimate of drug-likeness (QED) is 0.778. The van der Waals surface area contributed by atoms with Crippen LogP contribution >= 0.6 is 11.6 Å². The molecule has 0 spiro atoms. The maximum absolute atomic E-state index is 6.00. The summed E-state index contributed by atoms with van der Waals surface area (Å²) >= 11 is 6.00. The zero-order valence-corrected chi connectivity index (χ0v) is 12.2. The zero-order chi connectivity index (χ0) is 13.5. The van der Waals surface area contributed by atoms with E-state index < -0.39 is 0 Å². The summed E-state index contributed by atoms with van der Waals surface area (Å²) in [6, 6.07) is 5.77. The van der Waals surface area contributed by atoms with Crippen LogP contribution in [0.3, 0.4) is 0 Å². The molecule has 1 aromatic carbocycles. The van der Waals surface area contributed by atoms with E-state index in [4.69, 9.17) is 21.1 Å². The molecule has 1 heterocycles. The largest absolute Gasteiger partial charge is 0.493 e. The standard InChI is InChI=1S/C15H22ClNO2/c1-17-11-12-10-13(16)6-7-15(12)19-9-3-5-14-4-2-8-18-14/h6-7,10,14,17H,2-5,8-9,11H2,1H3. The number of nitrogens with one attached hydrogen (secondary N) is 1. The molecule has 1 aromatic rings. The molecule has 0 aliphatic carbocycles. The molecule has 3 nitrogen and oxygen atoms in total. The van der Waals surface area contributed by atoms with E-state index in [0.717, 1.165) is 48.9 Å². The molecule has 0 bridgehead atoms. The van der Waals surface area contributed by atoms with Crippen molar-refractivity contribution in [2.24, 2.45) is 0 Å². The summed E-state index contributed by atoms with van der Waals surface area (Å²) in [5, 5.41) is 3.88. The molecule has 1 N–H and O–H groups in total. The first-order valence-electron chi connectivity index (χ1n) is 6.97. The molecule has 0 saturated carbocycles. The van der Waals surface area contributed by atoms with Crippen molar-refractivity contribution in [1.82, 2.24) is 5.32 Å². The number of hydrogen-bond donors (Lipinski definition) is 1. The molecule has 19 heavy (non-hydrogen) atoms. The lowest BCUT2D eigenvalue weighted by Gasteiger charge is -2.13. The van der Waals surface area contributed by atoms with Gasteiger partial charge in [0, 0.05) is 23.7 Å². The molecule has 0 radical (unpaired) electrons. The van der Waals surface area contributed by atoms with Gasteiger partial charge in [-0.15, -0.1) is 0 Å². The van der Waals surface area contributed by atoms with E-state index >= 15 is 0 Å². The monoisotopic (exact) mass is 283 g/mol. The summed E-state index contributed by atoms with van der Waals surface area (Å²) in [4.78, 5) is 0. The third kappa shape index (κ3) is 4.68. The summed E-state index contributed by atoms with van der Waals surface area (Å²) in [5.41, 5.74) is 1.10. The van der Waals surface area contributed by atoms with E-state index in [1.54, 1.807) is 0 Å². The van der Waals surface area contributed by atoms with Crippen LogP contribution in [-0.4, -0.2) is 26.4 Å². The fourth-order valence-electron chi connectivity index (χ4n) is 2.38. The van der Waals surface area contributed by atoms with Crippen molar-refractivity contribution in [1.29, 1.82) is 0 Å². The normalized spacial score (nSPS) is 18.7. The number of hydrogen-bond acceptors (Lipinski definition) is 3. The second kappa shape index (κ2) is 7.73. The Morgan fingerprint density at radius 2 is 2.37 bits per heavy atom. The van der Waals surface area contributed by atoms with E-state index in [0.29, 0.717) is 6.10 Å². The van der Waals surface area contributed by atoms with Crippen molar-refractivity contribution >= 4 is 11.6 Å². The molecule has 1 atom stereocenters. The van der Waals surface area contributed by atoms with Crippen LogP contribution < -0.4 is 10.1 Å². The van der Waals surface area contributed by atoms with Gasteiger partial charge < -0.3 is 14.8 Å². The summed E-state index contributed by atoms with van der Waals surface area (Å²) in [6.07, 6.45) is 4.98. The number of halogens is 1. The van der Waals surface area contributed by atoms with Gasteiger partial charge in [0.2, 0.25) is 0 Å². The van der Waals surface area contributed by atoms with E-state index in [1.807, 2.05) is 25.2 Å². The van der Waals surface area contributed by atoms with Crippen LogP contribution in [0, 0.1) is 0 Å². The average molecular weight is 284 g/mol. The van der Waals surface area contributed by atoms with E-state index in [-0.39, 0.29) is 0 Å². The second-order valence-corrected chi connectivity index (χ2v) is 5.34. The van der Waals surface area contributed by atoms with Crippen LogP contribution in [0.5, 0.6) is 5.75 Å². The average Bonchev–Trinajstić information content (AvgIpc) is 2.90. The number of benzene rings is 1. The van der Waals surface area contributed by atoms with Crippen LogP contribution in [-0.2, 0) is 11.3 Å². The second-order valence-electron chi connectivity index (χ2n) is 4.91. The van der Waals surface area contributed by atoms with Gasteiger partial charge in [0.1, 0.15) is 5.75 Å². The van der Waals surface area contributed by atoms with Crippen molar-refractivity contribution < 1.29 is 9.47 Å². The van der Waals surface area contributed by atoms with Crippen LogP contribution in [0.25, 0.3) is 0 Å². The third-order valence-electron chi connectivity index (χ3n) is 3.34. The highest BCUT2D eigenvalue weighted by Crippen LogP contribution is 2.23. The molecule has 1 saturated heterocycles. The molecule has 1 unspecified atom stereocenters. The van der Waals surface area contributed by atoms with Gasteiger partial charge in [0.15, 0.2) is 0 Å². The van der Waals surface area contributed by atoms with Gasteiger partial charge in [0.25, 0.3) is 0 Å². The van der Waals surface area contributed by atoms with Crippen molar-refractivity contribution in [2.45, 2.75) is 38.3 Å². The maximum atomic E-state index is 6.00. The molecule has 1 fully saturated rings. The van der Waals surface area contributed by atoms with Crippen LogP contribution in [0.4, 0.5) is 0 Å². The fraction of sp³-hybridized carbons (Fsp3) is 0.600. The lowest BCUT2D eigenvalue weighted by atomic mass is 10.1. The Kier molecular flexibility index (Phi) is 5.95. The van der Waals surface area contributed by atoms with Crippen molar-refractivity contribution in [3.8, 4) is 5.75 Å².